The van der Waals surface area contributed by atoms with Gasteiger partial charge in [-0.2, -0.15) is 5.26 Å². The molecule has 2 atom stereocenters. The summed E-state index contributed by atoms with van der Waals surface area (Å²) >= 11 is 1.34. The third kappa shape index (κ3) is 4.85. The topological polar surface area (TPSA) is 111 Å². The molecule has 4 rings (SSSR count). The summed E-state index contributed by atoms with van der Waals surface area (Å²) in [4.78, 5) is 14.2. The number of rotatable bonds is 6. The Balaban J connectivity index is 1.40. The van der Waals surface area contributed by atoms with Crippen molar-refractivity contribution in [3.05, 3.63) is 40.0 Å². The summed E-state index contributed by atoms with van der Waals surface area (Å²) in [6.45, 7) is 0.133. The molecule has 2 heterocycles. The summed E-state index contributed by atoms with van der Waals surface area (Å²) in [7, 11) is 1.81. The molecular weight excluding hydrogens is 418 g/mol. The molecule has 0 radical (unpaired) electrons. The van der Waals surface area contributed by atoms with Gasteiger partial charge < -0.3 is 14.7 Å². The Bertz CT molecular complexity index is 953. The monoisotopic (exact) mass is 443 g/mol. The summed E-state index contributed by atoms with van der Waals surface area (Å²) in [6, 6.07) is 8.44. The van der Waals surface area contributed by atoms with E-state index in [1.54, 1.807) is 24.3 Å². The average Bonchev–Trinajstić information content (AvgIpc) is 3.39. The largest absolute Gasteiger partial charge is 0.622 e. The maximum Gasteiger partial charge on any atom is 0.348 e. The summed E-state index contributed by atoms with van der Waals surface area (Å²) in [6.07, 6.45) is 4.85. The predicted molar refractivity (Wildman–Crippen MR) is 115 cm³/mol. The number of hydroxylamine groups is 2. The Morgan fingerprint density at radius 3 is 2.74 bits per heavy atom. The Morgan fingerprint density at radius 1 is 1.29 bits per heavy atom. The zero-order chi connectivity index (χ0) is 21.8. The van der Waals surface area contributed by atoms with Crippen LogP contribution < -0.4 is 9.38 Å². The van der Waals surface area contributed by atoms with Gasteiger partial charge in [-0.3, -0.25) is 4.65 Å². The van der Waals surface area contributed by atoms with E-state index in [2.05, 4.69) is 10.2 Å². The first-order chi connectivity index (χ1) is 15.0. The van der Waals surface area contributed by atoms with E-state index in [0.29, 0.717) is 28.9 Å². The fraction of sp³-hybridized carbons (Fsp3) is 0.524. The molecule has 31 heavy (non-hydrogen) atoms. The van der Waals surface area contributed by atoms with E-state index in [9.17, 15) is 10.0 Å². The average molecular weight is 444 g/mol. The minimum Gasteiger partial charge on any atom is -0.622 e. The van der Waals surface area contributed by atoms with E-state index in [1.165, 1.54) is 30.6 Å². The van der Waals surface area contributed by atoms with Gasteiger partial charge in [0.05, 0.1) is 18.2 Å². The van der Waals surface area contributed by atoms with Crippen LogP contribution in [0.1, 0.15) is 48.6 Å². The molecule has 1 aromatic carbocycles. The zero-order valence-electron chi connectivity index (χ0n) is 17.4. The molecule has 1 saturated carbocycles. The van der Waals surface area contributed by atoms with Crippen molar-refractivity contribution in [2.75, 3.05) is 26.9 Å². The molecule has 2 fully saturated rings. The first kappa shape index (κ1) is 21.6. The second-order valence-corrected chi connectivity index (χ2v) is 9.09. The lowest BCUT2D eigenvalue weighted by Crippen LogP contribution is -2.51. The van der Waals surface area contributed by atoms with Crippen LogP contribution in [0.25, 0.3) is 0 Å². The minimum atomic E-state index is -0.922. The molecule has 2 unspecified atom stereocenters. The number of ether oxygens (including phenoxy) is 2. The first-order valence-electron chi connectivity index (χ1n) is 10.4. The van der Waals surface area contributed by atoms with Crippen molar-refractivity contribution in [1.29, 1.82) is 5.26 Å². The number of likely N-dealkylation sites (N-methyl/N-ethyl adjacent to an activating group) is 1. The van der Waals surface area contributed by atoms with E-state index in [4.69, 9.17) is 14.7 Å². The number of benzene rings is 1. The third-order valence-electron chi connectivity index (χ3n) is 5.70. The highest BCUT2D eigenvalue weighted by Crippen LogP contribution is 2.39. The maximum atomic E-state index is 13.7. The third-order valence-corrected chi connectivity index (χ3v) is 6.90. The molecule has 1 aliphatic heterocycles. The van der Waals surface area contributed by atoms with Crippen LogP contribution in [0.15, 0.2) is 24.3 Å². The van der Waals surface area contributed by atoms with Gasteiger partial charge >= 0.3 is 11.1 Å². The number of quaternary nitrogens is 1. The van der Waals surface area contributed by atoms with Crippen LogP contribution in [0.5, 0.6) is 5.75 Å². The van der Waals surface area contributed by atoms with Gasteiger partial charge in [-0.25, -0.2) is 9.69 Å². The Labute approximate surface area is 185 Å². The molecule has 0 amide bonds. The second-order valence-electron chi connectivity index (χ2n) is 8.10. The number of aromatic nitrogens is 2. The smallest absolute Gasteiger partial charge is 0.348 e. The highest BCUT2D eigenvalue weighted by atomic mass is 32.1. The van der Waals surface area contributed by atoms with Crippen LogP contribution in [-0.4, -0.2) is 54.2 Å². The van der Waals surface area contributed by atoms with Crippen LogP contribution in [0.2, 0.25) is 0 Å². The van der Waals surface area contributed by atoms with Crippen molar-refractivity contribution < 1.29 is 14.3 Å². The molecule has 2 aliphatic rings. The molecule has 1 aliphatic carbocycles. The van der Waals surface area contributed by atoms with E-state index in [1.807, 2.05) is 18.0 Å². The van der Waals surface area contributed by atoms with Crippen molar-refractivity contribution in [3.63, 3.8) is 0 Å². The molecule has 9 nitrogen and oxygen atoms in total. The fourth-order valence-corrected chi connectivity index (χ4v) is 5.14. The molecule has 2 aromatic rings. The number of hydrogen-bond donors (Lipinski definition) is 0. The van der Waals surface area contributed by atoms with Crippen molar-refractivity contribution in [1.82, 2.24) is 19.7 Å². The van der Waals surface area contributed by atoms with Crippen LogP contribution in [-0.2, 0) is 9.53 Å². The molecule has 0 bridgehead atoms. The maximum absolute atomic E-state index is 13.7. The first-order valence-corrected chi connectivity index (χ1v) is 11.2. The van der Waals surface area contributed by atoms with Crippen molar-refractivity contribution >= 4 is 22.4 Å². The number of carbonyl (C=O) groups excluding carboxylic acids is 1. The van der Waals surface area contributed by atoms with E-state index < -0.39 is 16.8 Å². The lowest BCUT2D eigenvalue weighted by Gasteiger charge is -2.38. The minimum absolute atomic E-state index is 0.147. The number of esters is 1. The van der Waals surface area contributed by atoms with Gasteiger partial charge in [0, 0.05) is 5.92 Å². The molecule has 0 spiro atoms. The van der Waals surface area contributed by atoms with E-state index >= 15 is 0 Å². The molecule has 1 aromatic heterocycles. The van der Waals surface area contributed by atoms with Crippen LogP contribution in [0, 0.1) is 16.5 Å². The predicted octanol–water partition coefficient (Wildman–Crippen LogP) is 3.11. The van der Waals surface area contributed by atoms with E-state index in [0.717, 1.165) is 17.8 Å². The molecular formula is C21H25N5O4S. The van der Waals surface area contributed by atoms with Crippen LogP contribution >= 0.6 is 11.3 Å². The normalized spacial score (nSPS) is 24.6. The van der Waals surface area contributed by atoms with Crippen LogP contribution in [0.4, 0.5) is 5.13 Å². The second kappa shape index (κ2) is 9.28. The van der Waals surface area contributed by atoms with Crippen LogP contribution in [0.3, 0.4) is 0 Å². The lowest BCUT2D eigenvalue weighted by atomic mass is 9.90. The number of nitriles is 1. The molecule has 0 N–H and O–H groups in total. The van der Waals surface area contributed by atoms with Gasteiger partial charge in [0.2, 0.25) is 0 Å². The summed E-state index contributed by atoms with van der Waals surface area (Å²) in [5, 5.41) is 32.3. The standard InChI is InChI=1S/C21H25N5O4S/c1-25-12-18(30-19(27)13-29-17-9-7-15(11-22)8-10-17)26(28,14-25)21-24-23-20(31-21)16-5-3-2-4-6-16/h7-10,16,18H,2-6,12-14H2,1H3. The number of nitrogens with zero attached hydrogens (tertiary/aromatic N) is 5. The molecule has 1 saturated heterocycles. The summed E-state index contributed by atoms with van der Waals surface area (Å²) in [5.74, 6) is 0.192. The van der Waals surface area contributed by atoms with Gasteiger partial charge in [0.15, 0.2) is 6.61 Å². The Hall–Kier alpha value is -2.58. The van der Waals surface area contributed by atoms with Gasteiger partial charge in [-0.05, 0) is 55.5 Å². The van der Waals surface area contributed by atoms with E-state index in [-0.39, 0.29) is 13.3 Å². The SMILES string of the molecule is CN1CC(OC(=O)COc2ccc(C#N)cc2)[N+]([O-])(c2nnc(C3CCCCC3)s2)C1. The number of carbonyl (C=O) groups is 1. The van der Waals surface area contributed by atoms with Gasteiger partial charge in [-0.15, -0.1) is 5.10 Å². The lowest BCUT2D eigenvalue weighted by molar-refractivity contribution is -0.155. The highest BCUT2D eigenvalue weighted by Gasteiger charge is 2.45. The molecule has 164 valence electrons. The number of hydrogen-bond acceptors (Lipinski definition) is 9. The summed E-state index contributed by atoms with van der Waals surface area (Å²) < 4.78 is 10.1. The quantitative estimate of drug-likeness (QED) is 0.380. The Morgan fingerprint density at radius 2 is 2.03 bits per heavy atom. The van der Waals surface area contributed by atoms with Crippen molar-refractivity contribution in [3.8, 4) is 11.8 Å². The highest BCUT2D eigenvalue weighted by molar-refractivity contribution is 7.15. The Kier molecular flexibility index (Phi) is 6.48. The van der Waals surface area contributed by atoms with Gasteiger partial charge in [0.25, 0.3) is 6.23 Å². The van der Waals surface area contributed by atoms with Crippen molar-refractivity contribution in [2.45, 2.75) is 44.2 Å². The molecule has 10 heteroatoms. The van der Waals surface area contributed by atoms with Gasteiger partial charge in [0.1, 0.15) is 17.4 Å². The van der Waals surface area contributed by atoms with Gasteiger partial charge in [-0.1, -0.05) is 24.4 Å². The zero-order valence-corrected chi connectivity index (χ0v) is 18.2. The fourth-order valence-electron chi connectivity index (χ4n) is 4.06. The van der Waals surface area contributed by atoms with Crippen molar-refractivity contribution in [2.24, 2.45) is 0 Å². The summed E-state index contributed by atoms with van der Waals surface area (Å²) in [5.41, 5.74) is 0.502.